The molecule has 3 N–H and O–H groups in total. The zero-order chi connectivity index (χ0) is 31.4. The van der Waals surface area contributed by atoms with E-state index in [0.29, 0.717) is 25.3 Å². The molecule has 0 saturated carbocycles. The standard InChI is InChI=1S/C32H41N3O8S/c1-19-8-5-6-10-21(19)16-33-28(37)27-32(2,3)44-18-35(27)29(38)26(36)24(15-20-9-7-11-22(14-20)40-4)34-31(39)43-25-17-42-30-23(25)12-13-41-30/h5-11,14,23-27,30,36H,12-13,15-18H2,1-4H3,(H,33,37)(H,34,39)/t23-,24-,25-,26-,27+,30+/m0/s1. The van der Waals surface area contributed by atoms with Crippen molar-refractivity contribution in [2.24, 2.45) is 5.92 Å². The minimum atomic E-state index is -1.66. The Morgan fingerprint density at radius 2 is 1.95 bits per heavy atom. The second kappa shape index (κ2) is 13.8. The average molecular weight is 628 g/mol. The van der Waals surface area contributed by atoms with Crippen molar-refractivity contribution in [2.75, 3.05) is 26.2 Å². The van der Waals surface area contributed by atoms with E-state index in [-0.39, 0.29) is 30.7 Å². The van der Waals surface area contributed by atoms with Crippen LogP contribution in [0.25, 0.3) is 0 Å². The van der Waals surface area contributed by atoms with Crippen LogP contribution in [-0.2, 0) is 36.8 Å². The molecule has 3 heterocycles. The fourth-order valence-electron chi connectivity index (χ4n) is 6.01. The summed E-state index contributed by atoms with van der Waals surface area (Å²) in [6.45, 7) is 6.85. The van der Waals surface area contributed by atoms with Crippen molar-refractivity contribution in [1.29, 1.82) is 0 Å². The Balaban J connectivity index is 1.31. The highest BCUT2D eigenvalue weighted by atomic mass is 32.2. The number of carbonyl (C=O) groups excluding carboxylic acids is 3. The van der Waals surface area contributed by atoms with Gasteiger partial charge in [0.15, 0.2) is 12.4 Å². The van der Waals surface area contributed by atoms with Crippen molar-refractivity contribution in [2.45, 2.75) is 75.5 Å². The van der Waals surface area contributed by atoms with Gasteiger partial charge in [0.2, 0.25) is 5.91 Å². The molecule has 44 heavy (non-hydrogen) atoms. The molecule has 3 amide bonds. The number of rotatable bonds is 10. The Hall–Kier alpha value is -3.32. The summed E-state index contributed by atoms with van der Waals surface area (Å²) < 4.78 is 21.5. The number of amides is 3. The summed E-state index contributed by atoms with van der Waals surface area (Å²) >= 11 is 1.46. The third-order valence-electron chi connectivity index (χ3n) is 8.56. The van der Waals surface area contributed by atoms with Crippen LogP contribution in [0, 0.1) is 12.8 Å². The van der Waals surface area contributed by atoms with Gasteiger partial charge in [0.25, 0.3) is 5.91 Å². The van der Waals surface area contributed by atoms with Crippen LogP contribution in [0.1, 0.15) is 37.0 Å². The molecule has 2 aromatic carbocycles. The summed E-state index contributed by atoms with van der Waals surface area (Å²) in [6, 6.07) is 13.1. The van der Waals surface area contributed by atoms with E-state index in [9.17, 15) is 19.5 Å². The van der Waals surface area contributed by atoms with Crippen LogP contribution in [0.15, 0.2) is 48.5 Å². The van der Waals surface area contributed by atoms with Crippen molar-refractivity contribution >= 4 is 29.7 Å². The van der Waals surface area contributed by atoms with Crippen LogP contribution in [0.5, 0.6) is 5.75 Å². The maximum Gasteiger partial charge on any atom is 0.407 e. The lowest BCUT2D eigenvalue weighted by molar-refractivity contribution is -0.147. The molecule has 5 rings (SSSR count). The predicted octanol–water partition coefficient (Wildman–Crippen LogP) is 2.76. The molecular formula is C32H41N3O8S. The van der Waals surface area contributed by atoms with Crippen molar-refractivity contribution in [3.05, 3.63) is 65.2 Å². The molecule has 2 aromatic rings. The maximum atomic E-state index is 13.9. The lowest BCUT2D eigenvalue weighted by Gasteiger charge is -2.33. The zero-order valence-electron chi connectivity index (χ0n) is 25.5. The maximum absolute atomic E-state index is 13.9. The summed E-state index contributed by atoms with van der Waals surface area (Å²) in [4.78, 5) is 42.0. The first-order valence-corrected chi connectivity index (χ1v) is 15.8. The number of fused-ring (bicyclic) bond motifs is 1. The summed E-state index contributed by atoms with van der Waals surface area (Å²) in [5.74, 6) is -0.213. The molecule has 0 bridgehead atoms. The van der Waals surface area contributed by atoms with E-state index < -0.39 is 47.3 Å². The minimum Gasteiger partial charge on any atom is -0.497 e. The van der Waals surface area contributed by atoms with Crippen molar-refractivity contribution in [3.8, 4) is 5.75 Å². The Labute approximate surface area is 261 Å². The smallest absolute Gasteiger partial charge is 0.407 e. The predicted molar refractivity (Wildman–Crippen MR) is 164 cm³/mol. The number of methoxy groups -OCH3 is 1. The van der Waals surface area contributed by atoms with Gasteiger partial charge in [0.05, 0.1) is 38.2 Å². The highest BCUT2D eigenvalue weighted by Gasteiger charge is 2.50. The van der Waals surface area contributed by atoms with Gasteiger partial charge in [-0.05, 0) is 62.4 Å². The molecule has 0 aromatic heterocycles. The van der Waals surface area contributed by atoms with Crippen LogP contribution in [0.2, 0.25) is 0 Å². The number of hydrogen-bond acceptors (Lipinski definition) is 9. The number of alkyl carbamates (subject to hydrolysis) is 1. The molecule has 0 spiro atoms. The molecule has 3 aliphatic heterocycles. The molecule has 6 atom stereocenters. The number of aliphatic hydroxyl groups is 1. The third kappa shape index (κ3) is 7.14. The van der Waals surface area contributed by atoms with E-state index >= 15 is 0 Å². The second-order valence-corrected chi connectivity index (χ2v) is 13.6. The lowest BCUT2D eigenvalue weighted by atomic mass is 9.97. The number of carbonyl (C=O) groups is 3. The molecule has 0 radical (unpaired) electrons. The monoisotopic (exact) mass is 627 g/mol. The number of benzene rings is 2. The summed E-state index contributed by atoms with van der Waals surface area (Å²) in [6.07, 6.45) is -2.48. The van der Waals surface area contributed by atoms with Gasteiger partial charge < -0.3 is 39.6 Å². The SMILES string of the molecule is COc1cccc(C[C@H](NC(=O)O[C@H]2CO[C@H]3OCC[C@H]32)[C@H](O)C(=O)N2CSC(C)(C)[C@H]2C(=O)NCc2ccccc2C)c1. The molecule has 3 aliphatic rings. The van der Waals surface area contributed by atoms with Crippen LogP contribution in [0.3, 0.4) is 0 Å². The Morgan fingerprint density at radius 3 is 2.73 bits per heavy atom. The van der Waals surface area contributed by atoms with E-state index in [1.165, 1.54) is 16.7 Å². The van der Waals surface area contributed by atoms with E-state index in [2.05, 4.69) is 10.6 Å². The highest BCUT2D eigenvalue weighted by Crippen LogP contribution is 2.40. The first-order chi connectivity index (χ1) is 21.1. The molecule has 0 aliphatic carbocycles. The van der Waals surface area contributed by atoms with Crippen molar-refractivity contribution < 1.29 is 38.4 Å². The first kappa shape index (κ1) is 32.1. The van der Waals surface area contributed by atoms with Gasteiger partial charge in [-0.25, -0.2) is 4.79 Å². The highest BCUT2D eigenvalue weighted by molar-refractivity contribution is 8.00. The van der Waals surface area contributed by atoms with Gasteiger partial charge in [-0.2, -0.15) is 0 Å². The van der Waals surface area contributed by atoms with E-state index in [1.54, 1.807) is 25.3 Å². The Bertz CT molecular complexity index is 1360. The lowest BCUT2D eigenvalue weighted by Crippen LogP contribution is -2.58. The Kier molecular flexibility index (Phi) is 10.0. The molecule has 12 heteroatoms. The van der Waals surface area contributed by atoms with Gasteiger partial charge >= 0.3 is 6.09 Å². The molecule has 3 saturated heterocycles. The van der Waals surface area contributed by atoms with Crippen molar-refractivity contribution in [3.63, 3.8) is 0 Å². The number of hydrogen-bond donors (Lipinski definition) is 3. The number of nitrogens with zero attached hydrogens (tertiary/aromatic N) is 1. The van der Waals surface area contributed by atoms with E-state index in [0.717, 1.165) is 16.7 Å². The molecule has 3 fully saturated rings. The second-order valence-electron chi connectivity index (χ2n) is 12.0. The normalized spacial score (nSPS) is 25.2. The van der Waals surface area contributed by atoms with Crippen LogP contribution >= 0.6 is 11.8 Å². The minimum absolute atomic E-state index is 0.0630. The summed E-state index contributed by atoms with van der Waals surface area (Å²) in [7, 11) is 1.55. The molecular weight excluding hydrogens is 586 g/mol. The van der Waals surface area contributed by atoms with Crippen LogP contribution in [-0.4, -0.2) is 89.4 Å². The van der Waals surface area contributed by atoms with Crippen LogP contribution < -0.4 is 15.4 Å². The van der Waals surface area contributed by atoms with Gasteiger partial charge in [0.1, 0.15) is 17.9 Å². The molecule has 11 nitrogen and oxygen atoms in total. The zero-order valence-corrected chi connectivity index (χ0v) is 26.3. The summed E-state index contributed by atoms with van der Waals surface area (Å²) in [5, 5.41) is 17.2. The Morgan fingerprint density at radius 1 is 1.16 bits per heavy atom. The number of aliphatic hydroxyl groups excluding tert-OH is 1. The number of aryl methyl sites for hydroxylation is 1. The topological polar surface area (TPSA) is 136 Å². The number of ether oxygens (including phenoxy) is 4. The van der Waals surface area contributed by atoms with Gasteiger partial charge in [0, 0.05) is 11.3 Å². The van der Waals surface area contributed by atoms with Gasteiger partial charge in [-0.3, -0.25) is 9.59 Å². The fraction of sp³-hybridized carbons (Fsp3) is 0.531. The number of nitrogens with one attached hydrogen (secondary N) is 2. The van der Waals surface area contributed by atoms with Gasteiger partial charge in [-0.15, -0.1) is 11.8 Å². The van der Waals surface area contributed by atoms with Crippen molar-refractivity contribution in [1.82, 2.24) is 15.5 Å². The summed E-state index contributed by atoms with van der Waals surface area (Å²) in [5.41, 5.74) is 2.76. The fourth-order valence-corrected chi connectivity index (χ4v) is 7.15. The molecule has 238 valence electrons. The quantitative estimate of drug-likeness (QED) is 0.363. The van der Waals surface area contributed by atoms with Crippen LogP contribution in [0.4, 0.5) is 4.79 Å². The largest absolute Gasteiger partial charge is 0.497 e. The number of thioether (sulfide) groups is 1. The molecule has 0 unspecified atom stereocenters. The van der Waals surface area contributed by atoms with E-state index in [4.69, 9.17) is 18.9 Å². The third-order valence-corrected chi connectivity index (χ3v) is 9.94. The average Bonchev–Trinajstić information content (AvgIpc) is 3.71. The van der Waals surface area contributed by atoms with Gasteiger partial charge in [-0.1, -0.05) is 36.4 Å². The first-order valence-electron chi connectivity index (χ1n) is 14.9. The van der Waals surface area contributed by atoms with E-state index in [1.807, 2.05) is 51.1 Å².